The van der Waals surface area contributed by atoms with Gasteiger partial charge in [-0.25, -0.2) is 13.8 Å². The van der Waals surface area contributed by atoms with Gasteiger partial charge in [0.1, 0.15) is 5.82 Å². The quantitative estimate of drug-likeness (QED) is 0.831. The van der Waals surface area contributed by atoms with Crippen molar-refractivity contribution in [1.82, 2.24) is 9.88 Å². The van der Waals surface area contributed by atoms with E-state index in [2.05, 4.69) is 9.88 Å². The molecule has 1 aromatic heterocycles. The minimum absolute atomic E-state index is 0.165. The highest BCUT2D eigenvalue weighted by Crippen LogP contribution is 2.25. The van der Waals surface area contributed by atoms with E-state index in [1.807, 2.05) is 0 Å². The van der Waals surface area contributed by atoms with Crippen molar-refractivity contribution in [2.45, 2.75) is 6.43 Å². The van der Waals surface area contributed by atoms with Gasteiger partial charge in [-0.2, -0.15) is 0 Å². The van der Waals surface area contributed by atoms with Crippen LogP contribution in [0.15, 0.2) is 12.3 Å². The van der Waals surface area contributed by atoms with Crippen molar-refractivity contribution in [3.8, 4) is 0 Å². The Labute approximate surface area is 104 Å². The second-order valence-electron chi connectivity index (χ2n) is 4.35. The summed E-state index contributed by atoms with van der Waals surface area (Å²) >= 11 is 0. The van der Waals surface area contributed by atoms with Crippen molar-refractivity contribution < 1.29 is 8.78 Å². The molecule has 1 saturated heterocycles. The van der Waals surface area contributed by atoms with Crippen molar-refractivity contribution >= 4 is 17.2 Å². The number of nitrogen functional groups attached to an aromatic ring is 2. The molecule has 0 bridgehead atoms. The number of aromatic nitrogens is 1. The van der Waals surface area contributed by atoms with Gasteiger partial charge in [-0.3, -0.25) is 4.90 Å². The maximum absolute atomic E-state index is 12.3. The molecule has 0 atom stereocenters. The summed E-state index contributed by atoms with van der Waals surface area (Å²) in [4.78, 5) is 7.71. The van der Waals surface area contributed by atoms with Crippen LogP contribution >= 0.6 is 0 Å². The van der Waals surface area contributed by atoms with Gasteiger partial charge < -0.3 is 16.4 Å². The van der Waals surface area contributed by atoms with E-state index in [1.54, 1.807) is 11.0 Å². The molecule has 0 amide bonds. The van der Waals surface area contributed by atoms with Crippen LogP contribution in [0.4, 0.5) is 26.0 Å². The first kappa shape index (κ1) is 12.8. The highest BCUT2D eigenvalue weighted by molar-refractivity contribution is 5.69. The lowest BCUT2D eigenvalue weighted by Gasteiger charge is -2.36. The molecule has 1 aliphatic rings. The fourth-order valence-corrected chi connectivity index (χ4v) is 2.11. The van der Waals surface area contributed by atoms with Gasteiger partial charge in [0.05, 0.1) is 24.1 Å². The molecule has 0 aromatic carbocycles. The molecule has 2 rings (SSSR count). The second kappa shape index (κ2) is 5.34. The van der Waals surface area contributed by atoms with Crippen LogP contribution in [0, 0.1) is 0 Å². The van der Waals surface area contributed by atoms with Crippen LogP contribution in [0.1, 0.15) is 0 Å². The molecule has 5 nitrogen and oxygen atoms in total. The Bertz CT molecular complexity index is 404. The summed E-state index contributed by atoms with van der Waals surface area (Å²) in [5.41, 5.74) is 12.9. The minimum Gasteiger partial charge on any atom is -0.396 e. The molecule has 1 fully saturated rings. The predicted octanol–water partition coefficient (Wildman–Crippen LogP) is 0.633. The molecule has 0 radical (unpaired) electrons. The molecule has 0 unspecified atom stereocenters. The van der Waals surface area contributed by atoms with Crippen LogP contribution in [0.3, 0.4) is 0 Å². The van der Waals surface area contributed by atoms with Gasteiger partial charge in [-0.05, 0) is 0 Å². The fraction of sp³-hybridized carbons (Fsp3) is 0.545. The number of anilines is 3. The highest BCUT2D eigenvalue weighted by Gasteiger charge is 2.21. The van der Waals surface area contributed by atoms with Crippen LogP contribution in [0.25, 0.3) is 0 Å². The molecule has 18 heavy (non-hydrogen) atoms. The second-order valence-corrected chi connectivity index (χ2v) is 4.35. The Kier molecular flexibility index (Phi) is 3.81. The van der Waals surface area contributed by atoms with E-state index in [1.165, 1.54) is 6.20 Å². The molecule has 0 aliphatic carbocycles. The third-order valence-corrected chi connectivity index (χ3v) is 3.04. The molecule has 100 valence electrons. The van der Waals surface area contributed by atoms with E-state index < -0.39 is 6.43 Å². The van der Waals surface area contributed by atoms with E-state index in [0.717, 1.165) is 5.69 Å². The number of rotatable bonds is 3. The van der Waals surface area contributed by atoms with Crippen molar-refractivity contribution in [3.05, 3.63) is 12.3 Å². The Morgan fingerprint density at radius 1 is 1.22 bits per heavy atom. The maximum Gasteiger partial charge on any atom is 0.251 e. The molecule has 7 heteroatoms. The number of nitrogens with zero attached hydrogens (tertiary/aromatic N) is 3. The zero-order valence-corrected chi connectivity index (χ0v) is 10.0. The van der Waals surface area contributed by atoms with E-state index in [9.17, 15) is 8.78 Å². The molecule has 4 N–H and O–H groups in total. The van der Waals surface area contributed by atoms with Gasteiger partial charge in [0, 0.05) is 32.2 Å². The number of halogens is 2. The number of pyridine rings is 1. The topological polar surface area (TPSA) is 71.4 Å². The fourth-order valence-electron chi connectivity index (χ4n) is 2.11. The van der Waals surface area contributed by atoms with Crippen LogP contribution in [-0.2, 0) is 0 Å². The van der Waals surface area contributed by atoms with E-state index in [4.69, 9.17) is 11.5 Å². The average molecular weight is 257 g/mol. The smallest absolute Gasteiger partial charge is 0.251 e. The zero-order valence-electron chi connectivity index (χ0n) is 10.0. The molecule has 1 aliphatic heterocycles. The van der Waals surface area contributed by atoms with Gasteiger partial charge in [-0.15, -0.1) is 0 Å². The van der Waals surface area contributed by atoms with E-state index >= 15 is 0 Å². The predicted molar refractivity (Wildman–Crippen MR) is 67.7 cm³/mol. The number of hydrogen-bond acceptors (Lipinski definition) is 5. The van der Waals surface area contributed by atoms with Crippen LogP contribution in [-0.4, -0.2) is 49.0 Å². The summed E-state index contributed by atoms with van der Waals surface area (Å²) in [5.74, 6) is 0.411. The van der Waals surface area contributed by atoms with Gasteiger partial charge >= 0.3 is 0 Å². The Morgan fingerprint density at radius 3 is 2.50 bits per heavy atom. The van der Waals surface area contributed by atoms with E-state index in [-0.39, 0.29) is 6.54 Å². The molecular formula is C11H17F2N5. The number of nitrogens with two attached hydrogens (primary N) is 2. The summed E-state index contributed by atoms with van der Waals surface area (Å²) in [5, 5.41) is 0. The van der Waals surface area contributed by atoms with Crippen molar-refractivity contribution in [1.29, 1.82) is 0 Å². The lowest BCUT2D eigenvalue weighted by atomic mass is 10.2. The van der Waals surface area contributed by atoms with Crippen molar-refractivity contribution in [3.63, 3.8) is 0 Å². The zero-order chi connectivity index (χ0) is 13.1. The Balaban J connectivity index is 1.99. The van der Waals surface area contributed by atoms with Crippen molar-refractivity contribution in [2.24, 2.45) is 0 Å². The van der Waals surface area contributed by atoms with Crippen molar-refractivity contribution in [2.75, 3.05) is 49.1 Å². The van der Waals surface area contributed by atoms with Crippen LogP contribution in [0.2, 0.25) is 0 Å². The summed E-state index contributed by atoms with van der Waals surface area (Å²) < 4.78 is 24.5. The SMILES string of the molecule is Nc1cc(N2CCN(CC(F)F)CC2)c(N)cn1. The number of hydrogen-bond donors (Lipinski definition) is 2. The summed E-state index contributed by atoms with van der Waals surface area (Å²) in [6.45, 7) is 2.38. The van der Waals surface area contributed by atoms with Gasteiger partial charge in [-0.1, -0.05) is 0 Å². The lowest BCUT2D eigenvalue weighted by molar-refractivity contribution is 0.0854. The first-order valence-corrected chi connectivity index (χ1v) is 5.82. The van der Waals surface area contributed by atoms with Crippen LogP contribution < -0.4 is 16.4 Å². The Morgan fingerprint density at radius 2 is 1.89 bits per heavy atom. The third-order valence-electron chi connectivity index (χ3n) is 3.04. The number of alkyl halides is 2. The normalized spacial score (nSPS) is 17.4. The molecule has 0 saturated carbocycles. The summed E-state index contributed by atoms with van der Waals surface area (Å²) in [6.07, 6.45) is -0.755. The van der Waals surface area contributed by atoms with Crippen LogP contribution in [0.5, 0.6) is 0 Å². The maximum atomic E-state index is 12.3. The molecule has 2 heterocycles. The molecule has 0 spiro atoms. The lowest BCUT2D eigenvalue weighted by Crippen LogP contribution is -2.48. The largest absolute Gasteiger partial charge is 0.396 e. The first-order valence-electron chi connectivity index (χ1n) is 5.82. The standard InChI is InChI=1S/C11H17F2N5/c12-10(13)7-17-1-3-18(4-2-17)9-5-11(15)16-6-8(9)14/h5-6,10H,1-4,7,14H2,(H2,15,16). The first-order chi connectivity index (χ1) is 8.56. The number of piperazine rings is 1. The molecular weight excluding hydrogens is 240 g/mol. The van der Waals surface area contributed by atoms with Gasteiger partial charge in [0.2, 0.25) is 0 Å². The summed E-state index contributed by atoms with van der Waals surface area (Å²) in [7, 11) is 0. The monoisotopic (exact) mass is 257 g/mol. The highest BCUT2D eigenvalue weighted by atomic mass is 19.3. The van der Waals surface area contributed by atoms with Gasteiger partial charge in [0.15, 0.2) is 0 Å². The average Bonchev–Trinajstić information content (AvgIpc) is 2.33. The third kappa shape index (κ3) is 2.98. The summed E-state index contributed by atoms with van der Waals surface area (Å²) in [6, 6.07) is 1.72. The molecule has 1 aromatic rings. The van der Waals surface area contributed by atoms with E-state index in [0.29, 0.717) is 37.7 Å². The van der Waals surface area contributed by atoms with Gasteiger partial charge in [0.25, 0.3) is 6.43 Å². The minimum atomic E-state index is -2.28. The Hall–Kier alpha value is -1.63.